The van der Waals surface area contributed by atoms with E-state index in [-0.39, 0.29) is 10.8 Å². The van der Waals surface area contributed by atoms with Gasteiger partial charge in [-0.25, -0.2) is 0 Å². The van der Waals surface area contributed by atoms with Gasteiger partial charge in [-0.1, -0.05) is 11.6 Å². The van der Waals surface area contributed by atoms with E-state index < -0.39 is 0 Å². The van der Waals surface area contributed by atoms with Gasteiger partial charge in [0.2, 0.25) is 4.77 Å². The smallest absolute Gasteiger partial charge is 0.297 e. The van der Waals surface area contributed by atoms with Crippen LogP contribution in [0.25, 0.3) is 11.4 Å². The minimum absolute atomic E-state index is 0.183. The molecule has 2 aromatic rings. The Hall–Kier alpha value is -1.66. The van der Waals surface area contributed by atoms with Crippen LogP contribution in [0.5, 0.6) is 11.8 Å². The van der Waals surface area contributed by atoms with Crippen molar-refractivity contribution in [1.29, 1.82) is 0 Å². The van der Waals surface area contributed by atoms with Gasteiger partial charge < -0.3 is 9.47 Å². The number of nitrogens with zero attached hydrogens (tertiary/aromatic N) is 2. The molecule has 18 heavy (non-hydrogen) atoms. The van der Waals surface area contributed by atoms with Gasteiger partial charge in [-0.15, -0.1) is 0 Å². The Labute approximate surface area is 114 Å². The number of benzene rings is 1. The Balaban J connectivity index is 2.64. The van der Waals surface area contributed by atoms with Crippen LogP contribution in [0.3, 0.4) is 0 Å². The van der Waals surface area contributed by atoms with E-state index >= 15 is 0 Å². The molecule has 0 amide bonds. The molecule has 1 N–H and O–H groups in total. The lowest BCUT2D eigenvalue weighted by Crippen LogP contribution is -1.99. The van der Waals surface area contributed by atoms with Crippen molar-refractivity contribution in [2.24, 2.45) is 0 Å². The molecule has 5 nitrogen and oxygen atoms in total. The highest BCUT2D eigenvalue weighted by Gasteiger charge is 2.10. The number of H-pyrrole nitrogens is 1. The third-order valence-electron chi connectivity index (χ3n) is 2.24. The zero-order valence-electron chi connectivity index (χ0n) is 9.73. The molecule has 0 aliphatic carbocycles. The number of halogens is 1. The first kappa shape index (κ1) is 12.8. The fourth-order valence-electron chi connectivity index (χ4n) is 1.45. The molecular formula is C11H10ClN3O2S. The summed E-state index contributed by atoms with van der Waals surface area (Å²) in [5, 5.41) is 0.572. The van der Waals surface area contributed by atoms with E-state index in [1.165, 1.54) is 7.11 Å². The summed E-state index contributed by atoms with van der Waals surface area (Å²) in [6.07, 6.45) is 0. The quantitative estimate of drug-likeness (QED) is 0.878. The Morgan fingerprint density at radius 3 is 2.67 bits per heavy atom. The molecule has 2 rings (SSSR count). The monoisotopic (exact) mass is 283 g/mol. The van der Waals surface area contributed by atoms with E-state index in [9.17, 15) is 0 Å². The van der Waals surface area contributed by atoms with Gasteiger partial charge >= 0.3 is 0 Å². The largest absolute Gasteiger partial charge is 0.496 e. The van der Waals surface area contributed by atoms with Crippen LogP contribution >= 0.6 is 23.8 Å². The third kappa shape index (κ3) is 2.60. The van der Waals surface area contributed by atoms with E-state index in [1.807, 2.05) is 0 Å². The first-order chi connectivity index (χ1) is 8.63. The predicted molar refractivity (Wildman–Crippen MR) is 70.8 cm³/mol. The highest BCUT2D eigenvalue weighted by atomic mass is 35.5. The summed E-state index contributed by atoms with van der Waals surface area (Å²) in [5.41, 5.74) is 0.691. The van der Waals surface area contributed by atoms with Crippen molar-refractivity contribution in [3.05, 3.63) is 28.0 Å². The standard InChI is InChI=1S/C11H10ClN3O2S/c1-16-8-4-3-6(12)5-7(8)9-13-10(17-2)15-11(18)14-9/h3-5H,1-2H3,(H,13,14,15,18). The lowest BCUT2D eigenvalue weighted by atomic mass is 10.2. The molecule has 0 radical (unpaired) electrons. The number of methoxy groups -OCH3 is 2. The zero-order valence-corrected chi connectivity index (χ0v) is 11.3. The number of ether oxygens (including phenoxy) is 2. The molecule has 1 aromatic heterocycles. The summed E-state index contributed by atoms with van der Waals surface area (Å²) in [6, 6.07) is 5.50. The maximum atomic E-state index is 5.97. The van der Waals surface area contributed by atoms with Gasteiger partial charge in [0, 0.05) is 5.02 Å². The minimum atomic E-state index is 0.183. The topological polar surface area (TPSA) is 60.0 Å². The molecule has 0 aliphatic heterocycles. The first-order valence-electron chi connectivity index (χ1n) is 5.00. The summed E-state index contributed by atoms with van der Waals surface area (Å²) >= 11 is 10.9. The molecule has 0 fully saturated rings. The SMILES string of the molecule is COc1nc(=S)nc(-c2cc(Cl)ccc2OC)[nH]1. The summed E-state index contributed by atoms with van der Waals surface area (Å²) < 4.78 is 10.5. The van der Waals surface area contributed by atoms with Crippen molar-refractivity contribution in [2.75, 3.05) is 14.2 Å². The van der Waals surface area contributed by atoms with Crippen LogP contribution in [0.1, 0.15) is 0 Å². The molecule has 0 bridgehead atoms. The normalized spacial score (nSPS) is 10.2. The van der Waals surface area contributed by atoms with Crippen molar-refractivity contribution in [2.45, 2.75) is 0 Å². The molecule has 0 aliphatic rings. The fourth-order valence-corrected chi connectivity index (χ4v) is 1.80. The van der Waals surface area contributed by atoms with Gasteiger partial charge in [0.15, 0.2) is 0 Å². The van der Waals surface area contributed by atoms with Gasteiger partial charge in [-0.05, 0) is 30.4 Å². The van der Waals surface area contributed by atoms with Crippen LogP contribution in [0, 0.1) is 4.77 Å². The maximum Gasteiger partial charge on any atom is 0.297 e. The van der Waals surface area contributed by atoms with Crippen LogP contribution in [0.4, 0.5) is 0 Å². The highest BCUT2D eigenvalue weighted by molar-refractivity contribution is 7.71. The lowest BCUT2D eigenvalue weighted by Gasteiger charge is -2.09. The van der Waals surface area contributed by atoms with Crippen molar-refractivity contribution in [1.82, 2.24) is 15.0 Å². The second kappa shape index (κ2) is 5.32. The lowest BCUT2D eigenvalue weighted by molar-refractivity contribution is 0.377. The number of rotatable bonds is 3. The van der Waals surface area contributed by atoms with E-state index in [2.05, 4.69) is 15.0 Å². The van der Waals surface area contributed by atoms with Crippen LogP contribution in [-0.4, -0.2) is 29.2 Å². The van der Waals surface area contributed by atoms with Crippen molar-refractivity contribution in [3.63, 3.8) is 0 Å². The van der Waals surface area contributed by atoms with Crippen LogP contribution < -0.4 is 9.47 Å². The van der Waals surface area contributed by atoms with Gasteiger partial charge in [-0.3, -0.25) is 4.98 Å². The minimum Gasteiger partial charge on any atom is -0.496 e. The molecule has 0 atom stereocenters. The zero-order chi connectivity index (χ0) is 13.1. The van der Waals surface area contributed by atoms with Gasteiger partial charge in [0.1, 0.15) is 11.6 Å². The fraction of sp³-hybridized carbons (Fsp3) is 0.182. The highest BCUT2D eigenvalue weighted by Crippen LogP contribution is 2.30. The van der Waals surface area contributed by atoms with E-state index in [0.717, 1.165) is 0 Å². The summed E-state index contributed by atoms with van der Waals surface area (Å²) in [7, 11) is 3.06. The molecule has 7 heteroatoms. The molecule has 1 heterocycles. The molecule has 0 spiro atoms. The van der Waals surface area contributed by atoms with Crippen LogP contribution in [0.15, 0.2) is 18.2 Å². The van der Waals surface area contributed by atoms with E-state index in [0.29, 0.717) is 22.2 Å². The van der Waals surface area contributed by atoms with Gasteiger partial charge in [0.25, 0.3) is 6.01 Å². The van der Waals surface area contributed by atoms with Gasteiger partial charge in [-0.2, -0.15) is 9.97 Å². The summed E-state index contributed by atoms with van der Waals surface area (Å²) in [5.74, 6) is 1.12. The molecular weight excluding hydrogens is 274 g/mol. The van der Waals surface area contributed by atoms with Crippen molar-refractivity contribution < 1.29 is 9.47 Å². The van der Waals surface area contributed by atoms with Gasteiger partial charge in [0.05, 0.1) is 19.8 Å². The first-order valence-corrected chi connectivity index (χ1v) is 5.79. The second-order valence-electron chi connectivity index (χ2n) is 3.33. The van der Waals surface area contributed by atoms with Crippen molar-refractivity contribution in [3.8, 4) is 23.1 Å². The number of nitrogens with one attached hydrogen (secondary N) is 1. The molecule has 94 valence electrons. The van der Waals surface area contributed by atoms with Crippen LogP contribution in [-0.2, 0) is 0 Å². The number of hydrogen-bond donors (Lipinski definition) is 1. The number of hydrogen-bond acceptors (Lipinski definition) is 5. The number of aromatic amines is 1. The van der Waals surface area contributed by atoms with Crippen molar-refractivity contribution >= 4 is 23.8 Å². The molecule has 0 saturated heterocycles. The van der Waals surface area contributed by atoms with E-state index in [1.54, 1.807) is 25.3 Å². The third-order valence-corrected chi connectivity index (χ3v) is 2.66. The average Bonchev–Trinajstić information content (AvgIpc) is 2.38. The Morgan fingerprint density at radius 1 is 1.22 bits per heavy atom. The number of aromatic nitrogens is 3. The molecule has 0 unspecified atom stereocenters. The summed E-state index contributed by atoms with van der Waals surface area (Å²) in [6.45, 7) is 0. The van der Waals surface area contributed by atoms with Crippen LogP contribution in [0.2, 0.25) is 5.02 Å². The predicted octanol–water partition coefficient (Wildman–Crippen LogP) is 2.87. The molecule has 0 saturated carbocycles. The Kier molecular flexibility index (Phi) is 3.78. The average molecular weight is 284 g/mol. The Morgan fingerprint density at radius 2 is 2.00 bits per heavy atom. The summed E-state index contributed by atoms with van der Waals surface area (Å²) in [4.78, 5) is 10.9. The van der Waals surface area contributed by atoms with E-state index in [4.69, 9.17) is 33.3 Å². The Bertz CT molecular complexity index is 630. The molecule has 1 aromatic carbocycles. The second-order valence-corrected chi connectivity index (χ2v) is 4.14. The maximum absolute atomic E-state index is 5.97.